The maximum Gasteiger partial charge on any atom is 0.573 e. The molecule has 28 nitrogen and oxygen atoms in total. The number of carbonyl (C=O) groups excluding carboxylic acids is 5. The molecule has 644 valence electrons. The zero-order valence-corrected chi connectivity index (χ0v) is 69.2. The van der Waals surface area contributed by atoms with Gasteiger partial charge in [-0.3, -0.25) is 43.2 Å². The van der Waals surface area contributed by atoms with Crippen molar-refractivity contribution >= 4 is 69.6 Å². The van der Waals surface area contributed by atoms with Crippen molar-refractivity contribution in [2.24, 2.45) is 0 Å². The highest BCUT2D eigenvalue weighted by molar-refractivity contribution is 6.30. The van der Waals surface area contributed by atoms with E-state index in [1.807, 2.05) is 55.5 Å². The van der Waals surface area contributed by atoms with Gasteiger partial charge >= 0.3 is 6.36 Å². The molecule has 0 aliphatic rings. The molecule has 5 heterocycles. The predicted molar refractivity (Wildman–Crippen MR) is 470 cm³/mol. The smallest absolute Gasteiger partial charge is 0.507 e. The number of benzene rings is 10. The van der Waals surface area contributed by atoms with E-state index in [-0.39, 0.29) is 50.2 Å². The number of phenolic OH excluding ortho intramolecular Hbond substituents is 1. The van der Waals surface area contributed by atoms with Crippen molar-refractivity contribution in [2.75, 3.05) is 33.7 Å². The van der Waals surface area contributed by atoms with Gasteiger partial charge in [-0.1, -0.05) is 109 Å². The molecule has 10 aromatic carbocycles. The minimum Gasteiger partial charge on any atom is -0.507 e. The SMILES string of the molecule is CCc1ccc(C(=O)Nc2cccc(-c3nc(C)cc(=O)[nH]3)c2)cc1.CCc1noc(-c2cccc(NC(=O)c3cccc(OC)c3)c2)n1.Cc1cc(=O)[nH]c(-c2ccc(NC(=O)c3c(O)cccc3F)cc2)n1.Cc1cc(=O)[nH]c(-c2cccc(NC(=O)c3ccc(Cl)cc3F)c2)n1.Cc1cc(=O)[nH]c(-c2cccc(NC(=O)c3ccccc3OC(F)(F)F)c2)n1. The van der Waals surface area contributed by atoms with Crippen molar-refractivity contribution in [2.45, 2.75) is 60.7 Å². The molecule has 127 heavy (non-hydrogen) atoms. The molecule has 15 aromatic rings. The number of nitrogens with zero attached hydrogens (tertiary/aromatic N) is 6. The van der Waals surface area contributed by atoms with Gasteiger partial charge in [0.05, 0.1) is 18.2 Å². The first-order valence-corrected chi connectivity index (χ1v) is 38.9. The molecule has 5 amide bonds. The monoisotopic (exact) mass is 1740 g/mol. The van der Waals surface area contributed by atoms with E-state index in [1.165, 1.54) is 72.3 Å². The summed E-state index contributed by atoms with van der Waals surface area (Å²) in [6.45, 7) is 10.9. The molecule has 0 atom stereocenters. The van der Waals surface area contributed by atoms with Gasteiger partial charge in [-0.15, -0.1) is 13.2 Å². The standard InChI is InChI=1S/C20H19N3O2.C19H14F3N3O3.C18H13ClFN3O2.C18H14FN3O3.C18H17N3O3/c1-3-14-7-9-15(10-8-14)20(25)22-17-6-4-5-16(12-17)19-21-13(2)11-18(24)23-19;1-11-9-16(26)25-17(23-11)12-5-4-6-13(10-12)24-18(27)14-7-2-3-8-15(14)28-19(20,21)22;1-10-7-16(24)23-17(21-10)11-3-2-4-13(8-11)22-18(25)14-6-5-12(19)9-15(14)20;1-10-9-15(24)22-17(20-10)11-5-7-12(8-6-11)21-18(25)16-13(19)3-2-4-14(16)23;1-3-16-20-18(24-21-16)13-7-4-8-14(10-13)19-17(22)12-6-5-9-15(11-12)23-2/h4-12H,3H2,1-2H3,(H,22,25)(H,21,23,24);2-10H,1H3,(H,24,27)(H,23,25,26);2-9H,1H3,(H,22,25)(H,21,23,24);2-9,23H,1H3,(H,21,25)(H,20,22,24);4-11H,3H2,1-2H3,(H,19,22). The fourth-order valence-electron chi connectivity index (χ4n) is 12.0. The summed E-state index contributed by atoms with van der Waals surface area (Å²) in [7, 11) is 1.56. The highest BCUT2D eigenvalue weighted by Crippen LogP contribution is 2.31. The Morgan fingerprint density at radius 1 is 0.417 bits per heavy atom. The number of aryl methyl sites for hydroxylation is 6. The van der Waals surface area contributed by atoms with E-state index in [1.54, 1.807) is 156 Å². The summed E-state index contributed by atoms with van der Waals surface area (Å²) in [5.74, 6) is -1.77. The van der Waals surface area contributed by atoms with E-state index in [0.29, 0.717) is 126 Å². The van der Waals surface area contributed by atoms with Gasteiger partial charge in [-0.05, 0) is 191 Å². The number of H-pyrrole nitrogens is 4. The van der Waals surface area contributed by atoms with Gasteiger partial charge < -0.3 is 65.6 Å². The number of aromatic nitrogens is 10. The van der Waals surface area contributed by atoms with Crippen molar-refractivity contribution < 1.29 is 65.0 Å². The number of nitrogens with one attached hydrogen (secondary N) is 9. The molecular weight excluding hydrogens is 1670 g/mol. The number of ether oxygens (including phenoxy) is 2. The Labute approximate surface area is 724 Å². The molecule has 0 saturated carbocycles. The van der Waals surface area contributed by atoms with Gasteiger partial charge in [0.25, 0.3) is 57.7 Å². The average Bonchev–Trinajstić information content (AvgIpc) is 1.81. The van der Waals surface area contributed by atoms with Gasteiger partial charge in [0.2, 0.25) is 0 Å². The van der Waals surface area contributed by atoms with Gasteiger partial charge in [0.1, 0.15) is 57.7 Å². The fraction of sp³-hybridized carbons (Fsp3) is 0.108. The third-order valence-electron chi connectivity index (χ3n) is 17.9. The number of hydrogen-bond donors (Lipinski definition) is 10. The van der Waals surface area contributed by atoms with Crippen molar-refractivity contribution in [3.63, 3.8) is 0 Å². The lowest BCUT2D eigenvalue weighted by molar-refractivity contribution is -0.274. The number of aromatic hydroxyl groups is 1. The lowest BCUT2D eigenvalue weighted by Gasteiger charge is -2.13. The molecule has 0 aliphatic heterocycles. The first-order valence-electron chi connectivity index (χ1n) is 38.6. The summed E-state index contributed by atoms with van der Waals surface area (Å²) >= 11 is 5.69. The van der Waals surface area contributed by atoms with Gasteiger partial charge in [-0.2, -0.15) is 4.98 Å². The number of rotatable bonds is 19. The summed E-state index contributed by atoms with van der Waals surface area (Å²) in [4.78, 5) is 140. The number of aromatic amines is 4. The van der Waals surface area contributed by atoms with Crippen LogP contribution in [0.2, 0.25) is 5.02 Å². The molecule has 0 fully saturated rings. The first-order chi connectivity index (χ1) is 60.8. The Balaban J connectivity index is 0.000000154. The van der Waals surface area contributed by atoms with Crippen molar-refractivity contribution in [1.29, 1.82) is 0 Å². The second-order valence-electron chi connectivity index (χ2n) is 27.6. The van der Waals surface area contributed by atoms with E-state index >= 15 is 0 Å². The van der Waals surface area contributed by atoms with E-state index in [9.17, 15) is 70.2 Å². The number of hydrogen-bond acceptors (Lipinski definition) is 19. The van der Waals surface area contributed by atoms with Crippen molar-refractivity contribution in [1.82, 2.24) is 50.0 Å². The molecule has 15 rings (SSSR count). The Bertz CT molecular complexity index is 6760. The highest BCUT2D eigenvalue weighted by Gasteiger charge is 2.33. The van der Waals surface area contributed by atoms with Crippen LogP contribution in [0.3, 0.4) is 0 Å². The number of amides is 5. The molecule has 5 aromatic heterocycles. The first kappa shape index (κ1) is 91.3. The van der Waals surface area contributed by atoms with Crippen LogP contribution >= 0.6 is 11.6 Å². The number of halogens is 6. The van der Waals surface area contributed by atoms with Crippen LogP contribution in [-0.2, 0) is 12.8 Å². The third-order valence-corrected chi connectivity index (χ3v) is 18.2. The third kappa shape index (κ3) is 26.3. The zero-order chi connectivity index (χ0) is 91.0. The van der Waals surface area contributed by atoms with Crippen LogP contribution in [0.5, 0.6) is 17.2 Å². The minimum absolute atomic E-state index is 0.114. The number of phenols is 1. The number of alkyl halides is 3. The highest BCUT2D eigenvalue weighted by atomic mass is 35.5. The Morgan fingerprint density at radius 2 is 0.858 bits per heavy atom. The van der Waals surface area contributed by atoms with Crippen molar-refractivity contribution in [3.05, 3.63) is 375 Å². The van der Waals surface area contributed by atoms with E-state index in [4.69, 9.17) is 20.9 Å². The van der Waals surface area contributed by atoms with Crippen LogP contribution in [0.4, 0.5) is 50.4 Å². The van der Waals surface area contributed by atoms with Gasteiger partial charge in [0, 0.05) is 126 Å². The Kier molecular flexibility index (Phi) is 30.5. The molecule has 34 heteroatoms. The van der Waals surface area contributed by atoms with Crippen LogP contribution in [0.1, 0.15) is 99.8 Å². The molecule has 0 bridgehead atoms. The summed E-state index contributed by atoms with van der Waals surface area (Å²) in [6, 6.07) is 66.7. The second kappa shape index (κ2) is 42.4. The van der Waals surface area contributed by atoms with Gasteiger partial charge in [-0.25, -0.2) is 28.7 Å². The number of anilines is 5. The van der Waals surface area contributed by atoms with Crippen LogP contribution in [0.15, 0.2) is 278 Å². The average molecular weight is 1740 g/mol. The zero-order valence-electron chi connectivity index (χ0n) is 68.5. The predicted octanol–water partition coefficient (Wildman–Crippen LogP) is 17.6. The largest absolute Gasteiger partial charge is 0.573 e. The summed E-state index contributed by atoms with van der Waals surface area (Å²) < 4.78 is 79.4. The molecule has 0 aliphatic carbocycles. The number of methoxy groups -OCH3 is 1. The minimum atomic E-state index is -4.92. The Morgan fingerprint density at radius 3 is 1.31 bits per heavy atom. The molecule has 0 radical (unpaired) electrons. The molecule has 10 N–H and O–H groups in total. The lowest BCUT2D eigenvalue weighted by Crippen LogP contribution is -2.20. The molecule has 0 saturated heterocycles. The fourth-order valence-corrected chi connectivity index (χ4v) is 12.1. The Hall–Kier alpha value is -16.5. The molecule has 0 spiro atoms. The number of carbonyl (C=O) groups is 5. The maximum atomic E-state index is 13.8. The molecular formula is C93H77ClF5N15O13. The van der Waals surface area contributed by atoms with E-state index in [2.05, 4.69) is 88.3 Å². The van der Waals surface area contributed by atoms with Crippen molar-refractivity contribution in [3.8, 4) is 74.3 Å². The molecule has 0 unspecified atom stereocenters. The quantitative estimate of drug-likeness (QED) is 0.0336. The summed E-state index contributed by atoms with van der Waals surface area (Å²) in [5, 5.41) is 27.1. The van der Waals surface area contributed by atoms with E-state index in [0.717, 1.165) is 35.7 Å². The van der Waals surface area contributed by atoms with Crippen LogP contribution in [0, 0.1) is 39.3 Å². The van der Waals surface area contributed by atoms with Crippen LogP contribution < -0.4 is 58.3 Å². The topological polar surface area (TPSA) is 406 Å². The maximum absolute atomic E-state index is 13.8. The number of para-hydroxylation sites is 1. The van der Waals surface area contributed by atoms with E-state index < -0.39 is 52.8 Å². The second-order valence-corrected chi connectivity index (χ2v) is 28.0. The summed E-state index contributed by atoms with van der Waals surface area (Å²) in [6.07, 6.45) is -3.28. The lowest BCUT2D eigenvalue weighted by atomic mass is 10.1. The van der Waals surface area contributed by atoms with Crippen LogP contribution in [-0.4, -0.2) is 98.1 Å². The summed E-state index contributed by atoms with van der Waals surface area (Å²) in [5.41, 5.74) is 8.55. The van der Waals surface area contributed by atoms with Crippen LogP contribution in [0.25, 0.3) is 57.0 Å². The normalized spacial score (nSPS) is 10.6. The van der Waals surface area contributed by atoms with Gasteiger partial charge in [0.15, 0.2) is 5.82 Å².